The summed E-state index contributed by atoms with van der Waals surface area (Å²) in [7, 11) is -4.04. The summed E-state index contributed by atoms with van der Waals surface area (Å²) in [6.07, 6.45) is 0. The summed E-state index contributed by atoms with van der Waals surface area (Å²) in [6, 6.07) is 6.99. The first kappa shape index (κ1) is 15.4. The monoisotopic (exact) mass is 313 g/mol. The van der Waals surface area contributed by atoms with Gasteiger partial charge in [-0.3, -0.25) is 4.72 Å². The van der Waals surface area contributed by atoms with Crippen molar-refractivity contribution in [2.24, 2.45) is 0 Å². The van der Waals surface area contributed by atoms with Gasteiger partial charge in [0.2, 0.25) is 0 Å². The molecule has 0 saturated heterocycles. The molecule has 4 nitrogen and oxygen atoms in total. The molecule has 0 aliphatic carbocycles. The van der Waals surface area contributed by atoms with Crippen LogP contribution in [0.15, 0.2) is 41.3 Å². The van der Waals surface area contributed by atoms with Gasteiger partial charge in [0.15, 0.2) is 0 Å². The van der Waals surface area contributed by atoms with Crippen molar-refractivity contribution in [2.45, 2.75) is 18.4 Å². The lowest BCUT2D eigenvalue weighted by molar-refractivity contribution is 0.281. The zero-order chi connectivity index (χ0) is 15.6. The molecule has 0 fully saturated rings. The van der Waals surface area contributed by atoms with Gasteiger partial charge in [0.25, 0.3) is 10.0 Å². The van der Waals surface area contributed by atoms with Gasteiger partial charge in [-0.2, -0.15) is 0 Å². The Morgan fingerprint density at radius 3 is 2.48 bits per heavy atom. The van der Waals surface area contributed by atoms with Gasteiger partial charge >= 0.3 is 0 Å². The van der Waals surface area contributed by atoms with Crippen molar-refractivity contribution in [3.63, 3.8) is 0 Å². The molecule has 0 saturated carbocycles. The highest BCUT2D eigenvalue weighted by atomic mass is 32.2. The molecule has 0 aliphatic heterocycles. The third-order valence-electron chi connectivity index (χ3n) is 2.90. The molecule has 0 amide bonds. The number of halogens is 2. The van der Waals surface area contributed by atoms with Crippen LogP contribution in [0.5, 0.6) is 0 Å². The molecule has 21 heavy (non-hydrogen) atoms. The summed E-state index contributed by atoms with van der Waals surface area (Å²) in [5, 5.41) is 9.07. The zero-order valence-electron chi connectivity index (χ0n) is 11.1. The quantitative estimate of drug-likeness (QED) is 0.911. The van der Waals surface area contributed by atoms with Crippen LogP contribution >= 0.6 is 0 Å². The highest BCUT2D eigenvalue weighted by Crippen LogP contribution is 2.23. The molecule has 2 aromatic rings. The van der Waals surface area contributed by atoms with E-state index in [1.54, 1.807) is 19.1 Å². The van der Waals surface area contributed by atoms with E-state index in [-0.39, 0.29) is 17.2 Å². The molecular weight excluding hydrogens is 300 g/mol. The fourth-order valence-corrected chi connectivity index (χ4v) is 3.17. The van der Waals surface area contributed by atoms with Crippen molar-refractivity contribution < 1.29 is 22.3 Å². The van der Waals surface area contributed by atoms with E-state index >= 15 is 0 Å². The number of aliphatic hydroxyl groups excluding tert-OH is 1. The van der Waals surface area contributed by atoms with Crippen molar-refractivity contribution in [1.29, 1.82) is 0 Å². The molecule has 0 aromatic heterocycles. The maximum absolute atomic E-state index is 13.5. The second kappa shape index (κ2) is 5.79. The standard InChI is InChI=1S/C14H13F2NO3S/c1-9-2-3-10(8-18)6-14(9)21(19,20)17-13-5-4-11(15)7-12(13)16/h2-7,17-18H,8H2,1H3. The minimum absolute atomic E-state index is 0.0715. The van der Waals surface area contributed by atoms with Gasteiger partial charge in [0.1, 0.15) is 11.6 Å². The minimum Gasteiger partial charge on any atom is -0.392 e. The van der Waals surface area contributed by atoms with Gasteiger partial charge in [0.05, 0.1) is 17.2 Å². The van der Waals surface area contributed by atoms with Crippen molar-refractivity contribution >= 4 is 15.7 Å². The minimum atomic E-state index is -4.04. The van der Waals surface area contributed by atoms with Crippen LogP contribution in [0.1, 0.15) is 11.1 Å². The van der Waals surface area contributed by atoms with Gasteiger partial charge in [-0.25, -0.2) is 17.2 Å². The van der Waals surface area contributed by atoms with Crippen LogP contribution in [0, 0.1) is 18.6 Å². The summed E-state index contributed by atoms with van der Waals surface area (Å²) in [6.45, 7) is 1.27. The lowest BCUT2D eigenvalue weighted by Crippen LogP contribution is -2.15. The third kappa shape index (κ3) is 3.37. The second-order valence-electron chi connectivity index (χ2n) is 4.49. The van der Waals surface area contributed by atoms with Crippen molar-refractivity contribution in [3.8, 4) is 0 Å². The fourth-order valence-electron chi connectivity index (χ4n) is 1.80. The molecule has 0 heterocycles. The van der Waals surface area contributed by atoms with Crippen LogP contribution in [0.3, 0.4) is 0 Å². The number of benzene rings is 2. The van der Waals surface area contributed by atoms with Crippen molar-refractivity contribution in [3.05, 3.63) is 59.2 Å². The number of hydrogen-bond donors (Lipinski definition) is 2. The van der Waals surface area contributed by atoms with Gasteiger partial charge in [-0.05, 0) is 36.2 Å². The molecule has 2 rings (SSSR count). The molecule has 0 spiro atoms. The Bertz CT molecular complexity index is 776. The highest BCUT2D eigenvalue weighted by molar-refractivity contribution is 7.92. The average molecular weight is 313 g/mol. The van der Waals surface area contributed by atoms with Crippen LogP contribution < -0.4 is 4.72 Å². The average Bonchev–Trinajstić information content (AvgIpc) is 2.42. The highest BCUT2D eigenvalue weighted by Gasteiger charge is 2.19. The van der Waals surface area contributed by atoms with E-state index in [2.05, 4.69) is 4.72 Å². The smallest absolute Gasteiger partial charge is 0.262 e. The van der Waals surface area contributed by atoms with E-state index in [1.807, 2.05) is 0 Å². The molecule has 2 aromatic carbocycles. The number of aliphatic hydroxyl groups is 1. The Morgan fingerprint density at radius 1 is 1.14 bits per heavy atom. The molecule has 7 heteroatoms. The molecule has 0 bridgehead atoms. The van der Waals surface area contributed by atoms with E-state index in [9.17, 15) is 17.2 Å². The molecule has 0 radical (unpaired) electrons. The van der Waals surface area contributed by atoms with E-state index < -0.39 is 21.7 Å². The number of sulfonamides is 1. The molecular formula is C14H13F2NO3S. The Hall–Kier alpha value is -1.99. The Morgan fingerprint density at radius 2 is 1.86 bits per heavy atom. The number of aryl methyl sites for hydroxylation is 1. The van der Waals surface area contributed by atoms with E-state index in [0.717, 1.165) is 12.1 Å². The Balaban J connectivity index is 2.43. The maximum Gasteiger partial charge on any atom is 0.262 e. The summed E-state index contributed by atoms with van der Waals surface area (Å²) in [5.41, 5.74) is 0.521. The first-order valence-corrected chi connectivity index (χ1v) is 7.50. The number of nitrogens with one attached hydrogen (secondary N) is 1. The van der Waals surface area contributed by atoms with Gasteiger partial charge in [-0.1, -0.05) is 12.1 Å². The lowest BCUT2D eigenvalue weighted by Gasteiger charge is -2.12. The Labute approximate surface area is 121 Å². The van der Waals surface area contributed by atoms with Crippen LogP contribution in [0.2, 0.25) is 0 Å². The topological polar surface area (TPSA) is 66.4 Å². The van der Waals surface area contributed by atoms with Crippen LogP contribution in [-0.4, -0.2) is 13.5 Å². The van der Waals surface area contributed by atoms with Crippen LogP contribution in [-0.2, 0) is 16.6 Å². The zero-order valence-corrected chi connectivity index (χ0v) is 11.9. The predicted octanol–water partition coefficient (Wildman–Crippen LogP) is 2.57. The van der Waals surface area contributed by atoms with E-state index in [0.29, 0.717) is 17.2 Å². The fraction of sp³-hybridized carbons (Fsp3) is 0.143. The number of anilines is 1. The van der Waals surface area contributed by atoms with Crippen LogP contribution in [0.4, 0.5) is 14.5 Å². The SMILES string of the molecule is Cc1ccc(CO)cc1S(=O)(=O)Nc1ccc(F)cc1F. The summed E-state index contributed by atoms with van der Waals surface area (Å²) in [5.74, 6) is -1.80. The number of hydrogen-bond acceptors (Lipinski definition) is 3. The predicted molar refractivity (Wildman–Crippen MR) is 74.3 cm³/mol. The van der Waals surface area contributed by atoms with Gasteiger partial charge in [0, 0.05) is 6.07 Å². The Kier molecular flexibility index (Phi) is 4.24. The summed E-state index contributed by atoms with van der Waals surface area (Å²) in [4.78, 5) is -0.0715. The molecule has 2 N–H and O–H groups in total. The third-order valence-corrected chi connectivity index (χ3v) is 4.41. The maximum atomic E-state index is 13.5. The van der Waals surface area contributed by atoms with Crippen molar-refractivity contribution in [2.75, 3.05) is 4.72 Å². The van der Waals surface area contributed by atoms with Crippen molar-refractivity contribution in [1.82, 2.24) is 0 Å². The van der Waals surface area contributed by atoms with Gasteiger partial charge < -0.3 is 5.11 Å². The van der Waals surface area contributed by atoms with Gasteiger partial charge in [-0.15, -0.1) is 0 Å². The van der Waals surface area contributed by atoms with E-state index in [4.69, 9.17) is 5.11 Å². The largest absolute Gasteiger partial charge is 0.392 e. The molecule has 112 valence electrons. The summed E-state index contributed by atoms with van der Waals surface area (Å²) >= 11 is 0. The number of rotatable bonds is 4. The molecule has 0 atom stereocenters. The lowest BCUT2D eigenvalue weighted by atomic mass is 10.2. The molecule has 0 aliphatic rings. The normalized spacial score (nSPS) is 11.4. The molecule has 0 unspecified atom stereocenters. The van der Waals surface area contributed by atoms with E-state index in [1.165, 1.54) is 6.07 Å². The van der Waals surface area contributed by atoms with Crippen LogP contribution in [0.25, 0.3) is 0 Å². The first-order chi connectivity index (χ1) is 9.83. The summed E-state index contributed by atoms with van der Waals surface area (Å²) < 4.78 is 53.0. The first-order valence-electron chi connectivity index (χ1n) is 6.02. The second-order valence-corrected chi connectivity index (χ2v) is 6.14.